The standard InChI is InChI=1S/C22H22N4O3/c1-3-20-23-21(25-29-20)19-13-16(24-28-2)14-26(19)22(27)18-12-8-7-11-17(18)15-9-5-4-6-10-15/h4-12,19H,3,13-14H2,1-2H3. The van der Waals surface area contributed by atoms with Gasteiger partial charge in [-0.05, 0) is 17.2 Å². The molecule has 4 rings (SSSR count). The minimum Gasteiger partial charge on any atom is -0.399 e. The second-order valence-electron chi connectivity index (χ2n) is 6.80. The molecule has 0 N–H and O–H groups in total. The lowest BCUT2D eigenvalue weighted by Crippen LogP contribution is -2.32. The summed E-state index contributed by atoms with van der Waals surface area (Å²) < 4.78 is 5.28. The van der Waals surface area contributed by atoms with Gasteiger partial charge in [0, 0.05) is 18.4 Å². The molecule has 0 aliphatic carbocycles. The van der Waals surface area contributed by atoms with E-state index in [2.05, 4.69) is 15.3 Å². The van der Waals surface area contributed by atoms with E-state index in [9.17, 15) is 4.79 Å². The Balaban J connectivity index is 1.72. The van der Waals surface area contributed by atoms with Crippen molar-refractivity contribution in [3.8, 4) is 11.1 Å². The molecule has 7 nitrogen and oxygen atoms in total. The van der Waals surface area contributed by atoms with E-state index < -0.39 is 0 Å². The van der Waals surface area contributed by atoms with E-state index in [4.69, 9.17) is 9.36 Å². The van der Waals surface area contributed by atoms with Crippen molar-refractivity contribution in [2.75, 3.05) is 13.7 Å². The summed E-state index contributed by atoms with van der Waals surface area (Å²) in [6, 6.07) is 17.2. The third-order valence-corrected chi connectivity index (χ3v) is 4.97. The van der Waals surface area contributed by atoms with Gasteiger partial charge in [-0.25, -0.2) is 0 Å². The van der Waals surface area contributed by atoms with Crippen LogP contribution in [0.2, 0.25) is 0 Å². The summed E-state index contributed by atoms with van der Waals surface area (Å²) in [6.07, 6.45) is 1.15. The van der Waals surface area contributed by atoms with E-state index in [1.165, 1.54) is 7.11 Å². The normalized spacial score (nSPS) is 17.7. The van der Waals surface area contributed by atoms with Crippen molar-refractivity contribution in [1.82, 2.24) is 15.0 Å². The lowest BCUT2D eigenvalue weighted by Gasteiger charge is -2.23. The largest absolute Gasteiger partial charge is 0.399 e. The molecule has 1 atom stereocenters. The molecule has 1 aliphatic heterocycles. The van der Waals surface area contributed by atoms with Gasteiger partial charge >= 0.3 is 0 Å². The fourth-order valence-electron chi connectivity index (χ4n) is 3.58. The Bertz CT molecular complexity index is 1030. The van der Waals surface area contributed by atoms with Gasteiger partial charge in [0.25, 0.3) is 5.91 Å². The number of carbonyl (C=O) groups excluding carboxylic acids is 1. The molecule has 148 valence electrons. The van der Waals surface area contributed by atoms with Crippen LogP contribution in [0.5, 0.6) is 0 Å². The molecule has 1 fully saturated rings. The zero-order valence-electron chi connectivity index (χ0n) is 16.4. The smallest absolute Gasteiger partial charge is 0.255 e. The van der Waals surface area contributed by atoms with Gasteiger partial charge in [0.2, 0.25) is 5.89 Å². The fourth-order valence-corrected chi connectivity index (χ4v) is 3.58. The summed E-state index contributed by atoms with van der Waals surface area (Å²) in [5, 5.41) is 8.16. The average Bonchev–Trinajstić information content (AvgIpc) is 3.41. The van der Waals surface area contributed by atoms with Gasteiger partial charge in [-0.3, -0.25) is 4.79 Å². The monoisotopic (exact) mass is 390 g/mol. The van der Waals surface area contributed by atoms with Gasteiger partial charge in [0.1, 0.15) is 13.2 Å². The van der Waals surface area contributed by atoms with Crippen molar-refractivity contribution in [2.45, 2.75) is 25.8 Å². The zero-order chi connectivity index (χ0) is 20.2. The first-order valence-corrected chi connectivity index (χ1v) is 9.58. The van der Waals surface area contributed by atoms with Crippen LogP contribution >= 0.6 is 0 Å². The van der Waals surface area contributed by atoms with E-state index in [1.807, 2.05) is 61.5 Å². The molecule has 1 aliphatic rings. The van der Waals surface area contributed by atoms with Crippen molar-refractivity contribution in [3.63, 3.8) is 0 Å². The minimum atomic E-state index is -0.343. The number of carbonyl (C=O) groups is 1. The highest BCUT2D eigenvalue weighted by molar-refractivity contribution is 6.04. The predicted molar refractivity (Wildman–Crippen MR) is 108 cm³/mol. The Morgan fingerprint density at radius 2 is 1.97 bits per heavy atom. The first-order chi connectivity index (χ1) is 14.2. The van der Waals surface area contributed by atoms with E-state index in [0.717, 1.165) is 16.8 Å². The fraction of sp³-hybridized carbons (Fsp3) is 0.273. The van der Waals surface area contributed by atoms with Gasteiger partial charge in [-0.15, -0.1) is 0 Å². The maximum absolute atomic E-state index is 13.6. The maximum Gasteiger partial charge on any atom is 0.255 e. The van der Waals surface area contributed by atoms with Crippen molar-refractivity contribution >= 4 is 11.6 Å². The van der Waals surface area contributed by atoms with Crippen LogP contribution in [0, 0.1) is 0 Å². The highest BCUT2D eigenvalue weighted by atomic mass is 16.6. The van der Waals surface area contributed by atoms with Crippen molar-refractivity contribution in [2.24, 2.45) is 5.16 Å². The molecule has 1 aromatic heterocycles. The van der Waals surface area contributed by atoms with E-state index in [-0.39, 0.29) is 11.9 Å². The first kappa shape index (κ1) is 18.9. The zero-order valence-corrected chi connectivity index (χ0v) is 16.4. The molecule has 1 unspecified atom stereocenters. The highest BCUT2D eigenvalue weighted by Gasteiger charge is 2.38. The number of aromatic nitrogens is 2. The Hall–Kier alpha value is -3.48. The van der Waals surface area contributed by atoms with Crippen LogP contribution in [0.15, 0.2) is 64.3 Å². The molecule has 0 spiro atoms. The van der Waals surface area contributed by atoms with Crippen LogP contribution in [-0.2, 0) is 11.3 Å². The molecule has 2 aromatic carbocycles. The van der Waals surface area contributed by atoms with Gasteiger partial charge in [-0.1, -0.05) is 65.8 Å². The second-order valence-corrected chi connectivity index (χ2v) is 6.80. The molecule has 0 saturated carbocycles. The molecule has 7 heteroatoms. The van der Waals surface area contributed by atoms with Crippen LogP contribution in [0.25, 0.3) is 11.1 Å². The number of hydrogen-bond acceptors (Lipinski definition) is 6. The van der Waals surface area contributed by atoms with Gasteiger partial charge in [-0.2, -0.15) is 4.98 Å². The molecule has 0 radical (unpaired) electrons. The number of rotatable bonds is 5. The number of oxime groups is 1. The third-order valence-electron chi connectivity index (χ3n) is 4.97. The topological polar surface area (TPSA) is 80.8 Å². The Morgan fingerprint density at radius 1 is 1.21 bits per heavy atom. The van der Waals surface area contributed by atoms with Crippen LogP contribution in [0.1, 0.15) is 41.5 Å². The minimum absolute atomic E-state index is 0.0985. The summed E-state index contributed by atoms with van der Waals surface area (Å²) in [5.41, 5.74) is 3.27. The highest BCUT2D eigenvalue weighted by Crippen LogP contribution is 2.33. The summed E-state index contributed by atoms with van der Waals surface area (Å²) in [4.78, 5) is 24.7. The quantitative estimate of drug-likeness (QED) is 0.618. The summed E-state index contributed by atoms with van der Waals surface area (Å²) in [5.74, 6) is 0.946. The Morgan fingerprint density at radius 3 is 2.69 bits per heavy atom. The third kappa shape index (κ3) is 3.76. The molecule has 29 heavy (non-hydrogen) atoms. The van der Waals surface area contributed by atoms with Crippen LogP contribution in [0.3, 0.4) is 0 Å². The molecule has 3 aromatic rings. The van der Waals surface area contributed by atoms with E-state index >= 15 is 0 Å². The molecule has 2 heterocycles. The van der Waals surface area contributed by atoms with Gasteiger partial charge in [0.05, 0.1) is 12.3 Å². The first-order valence-electron chi connectivity index (χ1n) is 9.58. The number of benzene rings is 2. The van der Waals surface area contributed by atoms with Gasteiger partial charge in [0.15, 0.2) is 5.82 Å². The Labute approximate surface area is 169 Å². The van der Waals surface area contributed by atoms with E-state index in [0.29, 0.717) is 36.7 Å². The molecule has 0 bridgehead atoms. The van der Waals surface area contributed by atoms with Crippen molar-refractivity contribution in [3.05, 3.63) is 71.9 Å². The second kappa shape index (κ2) is 8.26. The molecular formula is C22H22N4O3. The SMILES string of the molecule is CCc1nc(C2CC(=NOC)CN2C(=O)c2ccccc2-c2ccccc2)no1. The van der Waals surface area contributed by atoms with Crippen molar-refractivity contribution in [1.29, 1.82) is 0 Å². The summed E-state index contributed by atoms with van der Waals surface area (Å²) in [7, 11) is 1.50. The molecule has 1 saturated heterocycles. The summed E-state index contributed by atoms with van der Waals surface area (Å²) >= 11 is 0. The predicted octanol–water partition coefficient (Wildman–Crippen LogP) is 3.89. The van der Waals surface area contributed by atoms with E-state index in [1.54, 1.807) is 4.90 Å². The average molecular weight is 390 g/mol. The van der Waals surface area contributed by atoms with Gasteiger partial charge < -0.3 is 14.3 Å². The molecular weight excluding hydrogens is 368 g/mol. The number of likely N-dealkylation sites (tertiary alicyclic amines) is 1. The molecule has 1 amide bonds. The number of hydrogen-bond donors (Lipinski definition) is 0. The summed E-state index contributed by atoms with van der Waals surface area (Å²) in [6.45, 7) is 2.30. The number of aryl methyl sites for hydroxylation is 1. The number of amides is 1. The van der Waals surface area contributed by atoms with Crippen LogP contribution in [0.4, 0.5) is 0 Å². The van der Waals surface area contributed by atoms with Crippen LogP contribution in [-0.4, -0.2) is 40.3 Å². The maximum atomic E-state index is 13.6. The Kier molecular flexibility index (Phi) is 5.37. The van der Waals surface area contributed by atoms with Crippen LogP contribution < -0.4 is 0 Å². The lowest BCUT2D eigenvalue weighted by molar-refractivity contribution is 0.0733. The lowest BCUT2D eigenvalue weighted by atomic mass is 9.98. The number of nitrogens with zero attached hydrogens (tertiary/aromatic N) is 4. The van der Waals surface area contributed by atoms with Crippen molar-refractivity contribution < 1.29 is 14.2 Å².